The lowest BCUT2D eigenvalue weighted by Gasteiger charge is -2.29. The molecule has 2 heterocycles. The molecule has 0 aromatic carbocycles. The molecule has 3 rings (SSSR count). The summed E-state index contributed by atoms with van der Waals surface area (Å²) in [5.74, 6) is 0.629. The van der Waals surface area contributed by atoms with Crippen molar-refractivity contribution in [2.75, 3.05) is 20.2 Å². The van der Waals surface area contributed by atoms with Crippen LogP contribution >= 0.6 is 11.3 Å². The summed E-state index contributed by atoms with van der Waals surface area (Å²) < 4.78 is 4.76. The van der Waals surface area contributed by atoms with Crippen molar-refractivity contribution < 1.29 is 9.53 Å². The van der Waals surface area contributed by atoms with Gasteiger partial charge in [0.1, 0.15) is 0 Å². The number of methoxy groups -OCH3 is 1. The molecular formula is C16H24N2O2S. The number of nitrogens with zero attached hydrogens (tertiary/aromatic N) is 2. The molecule has 0 radical (unpaired) electrons. The monoisotopic (exact) mass is 308 g/mol. The molecule has 116 valence electrons. The minimum atomic E-state index is -0.303. The molecule has 0 atom stereocenters. The zero-order valence-corrected chi connectivity index (χ0v) is 13.6. The van der Waals surface area contributed by atoms with Crippen LogP contribution in [0.3, 0.4) is 0 Å². The number of ether oxygens (including phenoxy) is 1. The van der Waals surface area contributed by atoms with Crippen molar-refractivity contribution in [2.45, 2.75) is 51.5 Å². The first-order valence-corrected chi connectivity index (χ1v) is 8.87. The molecule has 0 bridgehead atoms. The fourth-order valence-corrected chi connectivity index (χ4v) is 4.44. The maximum Gasteiger partial charge on any atom is 0.367 e. The van der Waals surface area contributed by atoms with E-state index >= 15 is 0 Å². The second-order valence-electron chi connectivity index (χ2n) is 6.20. The molecule has 4 nitrogen and oxygen atoms in total. The zero-order chi connectivity index (χ0) is 14.7. The van der Waals surface area contributed by atoms with E-state index in [1.807, 2.05) is 0 Å². The minimum absolute atomic E-state index is 0.303. The summed E-state index contributed by atoms with van der Waals surface area (Å²) in [5, 5.41) is 0.511. The van der Waals surface area contributed by atoms with Gasteiger partial charge in [-0.3, -0.25) is 4.90 Å². The third kappa shape index (κ3) is 3.64. The highest BCUT2D eigenvalue weighted by atomic mass is 32.1. The average molecular weight is 308 g/mol. The van der Waals surface area contributed by atoms with Crippen molar-refractivity contribution in [3.63, 3.8) is 0 Å². The van der Waals surface area contributed by atoms with Crippen molar-refractivity contribution in [3.05, 3.63) is 15.6 Å². The van der Waals surface area contributed by atoms with Gasteiger partial charge in [-0.15, -0.1) is 11.3 Å². The largest absolute Gasteiger partial charge is 0.464 e. The molecule has 1 saturated carbocycles. The molecule has 1 aromatic heterocycles. The van der Waals surface area contributed by atoms with Crippen LogP contribution in [0.1, 0.15) is 58.9 Å². The molecule has 2 aliphatic rings. The lowest BCUT2D eigenvalue weighted by molar-refractivity contribution is 0.0600. The lowest BCUT2D eigenvalue weighted by Crippen LogP contribution is -2.32. The predicted octanol–water partition coefficient (Wildman–Crippen LogP) is 3.26. The SMILES string of the molecule is COC(=O)c1nc2c(s1)CCN(CCC1CCCCC1)C2. The Balaban J connectivity index is 1.54. The summed E-state index contributed by atoms with van der Waals surface area (Å²) >= 11 is 1.50. The number of thiazole rings is 1. The lowest BCUT2D eigenvalue weighted by atomic mass is 9.87. The third-order valence-electron chi connectivity index (χ3n) is 4.75. The van der Waals surface area contributed by atoms with E-state index in [1.54, 1.807) is 0 Å². The van der Waals surface area contributed by atoms with Gasteiger partial charge in [-0.25, -0.2) is 9.78 Å². The molecule has 0 unspecified atom stereocenters. The van der Waals surface area contributed by atoms with Gasteiger partial charge >= 0.3 is 5.97 Å². The Hall–Kier alpha value is -0.940. The van der Waals surface area contributed by atoms with Crippen LogP contribution in [0.5, 0.6) is 0 Å². The molecule has 5 heteroatoms. The average Bonchev–Trinajstić information content (AvgIpc) is 2.96. The van der Waals surface area contributed by atoms with Gasteiger partial charge < -0.3 is 4.74 Å². The van der Waals surface area contributed by atoms with E-state index in [4.69, 9.17) is 4.74 Å². The molecule has 1 fully saturated rings. The molecule has 1 aliphatic carbocycles. The minimum Gasteiger partial charge on any atom is -0.464 e. The summed E-state index contributed by atoms with van der Waals surface area (Å²) in [4.78, 5) is 19.8. The van der Waals surface area contributed by atoms with Crippen LogP contribution in [-0.4, -0.2) is 36.1 Å². The smallest absolute Gasteiger partial charge is 0.367 e. The first-order chi connectivity index (χ1) is 10.3. The van der Waals surface area contributed by atoms with Crippen molar-refractivity contribution in [2.24, 2.45) is 5.92 Å². The van der Waals surface area contributed by atoms with Gasteiger partial charge in [0.05, 0.1) is 12.8 Å². The fraction of sp³-hybridized carbons (Fsp3) is 0.750. The number of fused-ring (bicyclic) bond motifs is 1. The Bertz CT molecular complexity index is 494. The fourth-order valence-electron chi connectivity index (χ4n) is 3.46. The Morgan fingerprint density at radius 3 is 2.95 bits per heavy atom. The molecule has 0 spiro atoms. The molecule has 0 N–H and O–H groups in total. The van der Waals surface area contributed by atoms with E-state index in [1.165, 1.54) is 68.4 Å². The second-order valence-corrected chi connectivity index (χ2v) is 7.28. The topological polar surface area (TPSA) is 42.4 Å². The number of carbonyl (C=O) groups excluding carboxylic acids is 1. The van der Waals surface area contributed by atoms with E-state index in [2.05, 4.69) is 9.88 Å². The summed E-state index contributed by atoms with van der Waals surface area (Å²) in [5.41, 5.74) is 1.09. The Morgan fingerprint density at radius 1 is 1.38 bits per heavy atom. The molecule has 0 saturated heterocycles. The normalized spacial score (nSPS) is 20.2. The molecule has 21 heavy (non-hydrogen) atoms. The van der Waals surface area contributed by atoms with E-state index < -0.39 is 0 Å². The van der Waals surface area contributed by atoms with E-state index in [0.29, 0.717) is 5.01 Å². The van der Waals surface area contributed by atoms with Crippen LogP contribution in [-0.2, 0) is 17.7 Å². The van der Waals surface area contributed by atoms with Gasteiger partial charge in [-0.05, 0) is 25.3 Å². The zero-order valence-electron chi connectivity index (χ0n) is 12.8. The standard InChI is InChI=1S/C16H24N2O2S/c1-20-16(19)15-17-13-11-18(10-8-14(13)21-15)9-7-12-5-3-2-4-6-12/h12H,2-11H2,1H3. The summed E-state index contributed by atoms with van der Waals surface area (Å²) in [6.07, 6.45) is 9.45. The molecule has 0 amide bonds. The van der Waals surface area contributed by atoms with E-state index in [0.717, 1.165) is 31.1 Å². The van der Waals surface area contributed by atoms with Crippen LogP contribution in [0.25, 0.3) is 0 Å². The quantitative estimate of drug-likeness (QED) is 0.801. The highest BCUT2D eigenvalue weighted by Crippen LogP contribution is 2.29. The number of hydrogen-bond donors (Lipinski definition) is 0. The van der Waals surface area contributed by atoms with Crippen LogP contribution in [0.4, 0.5) is 0 Å². The number of hydrogen-bond acceptors (Lipinski definition) is 5. The third-order valence-corrected chi connectivity index (χ3v) is 5.88. The second kappa shape index (κ2) is 6.88. The highest BCUT2D eigenvalue weighted by Gasteiger charge is 2.24. The predicted molar refractivity (Wildman–Crippen MR) is 83.6 cm³/mol. The van der Waals surface area contributed by atoms with Gasteiger partial charge in [-0.1, -0.05) is 32.1 Å². The van der Waals surface area contributed by atoms with Gasteiger partial charge in [0.25, 0.3) is 0 Å². The summed E-state index contributed by atoms with van der Waals surface area (Å²) in [6, 6.07) is 0. The van der Waals surface area contributed by atoms with Crippen LogP contribution in [0, 0.1) is 5.92 Å². The number of carbonyl (C=O) groups is 1. The maximum atomic E-state index is 11.6. The van der Waals surface area contributed by atoms with Gasteiger partial charge in [0, 0.05) is 18.0 Å². The first-order valence-electron chi connectivity index (χ1n) is 8.05. The van der Waals surface area contributed by atoms with Crippen molar-refractivity contribution in [1.82, 2.24) is 9.88 Å². The van der Waals surface area contributed by atoms with Gasteiger partial charge in [0.2, 0.25) is 5.01 Å². The Labute approximate surface area is 130 Å². The number of aromatic nitrogens is 1. The van der Waals surface area contributed by atoms with Crippen LogP contribution in [0.2, 0.25) is 0 Å². The molecule has 1 aliphatic heterocycles. The van der Waals surface area contributed by atoms with E-state index in [9.17, 15) is 4.79 Å². The Kier molecular flexibility index (Phi) is 4.91. The molecule has 1 aromatic rings. The van der Waals surface area contributed by atoms with Gasteiger partial charge in [-0.2, -0.15) is 0 Å². The van der Waals surface area contributed by atoms with Gasteiger partial charge in [0.15, 0.2) is 0 Å². The number of esters is 1. The van der Waals surface area contributed by atoms with E-state index in [-0.39, 0.29) is 5.97 Å². The van der Waals surface area contributed by atoms with Crippen molar-refractivity contribution in [1.29, 1.82) is 0 Å². The van der Waals surface area contributed by atoms with Crippen molar-refractivity contribution >= 4 is 17.3 Å². The van der Waals surface area contributed by atoms with Crippen LogP contribution < -0.4 is 0 Å². The summed E-state index contributed by atoms with van der Waals surface area (Å²) in [7, 11) is 1.42. The first kappa shape index (κ1) is 15.0. The van der Waals surface area contributed by atoms with Crippen molar-refractivity contribution in [3.8, 4) is 0 Å². The Morgan fingerprint density at radius 2 is 2.19 bits per heavy atom. The maximum absolute atomic E-state index is 11.6. The molecular weight excluding hydrogens is 284 g/mol. The van der Waals surface area contributed by atoms with Crippen LogP contribution in [0.15, 0.2) is 0 Å². The summed E-state index contributed by atoms with van der Waals surface area (Å²) in [6.45, 7) is 3.17. The number of rotatable bonds is 4. The highest BCUT2D eigenvalue weighted by molar-refractivity contribution is 7.13.